The number of nitrogens with zero attached hydrogens (tertiary/aromatic N) is 1. The fourth-order valence-electron chi connectivity index (χ4n) is 2.12. The SMILES string of the molecule is CN(CCC(=O)O)C(=O)NCc1ccc(OCc2ccccc2)cc1. The number of ether oxygens (including phenoxy) is 1. The summed E-state index contributed by atoms with van der Waals surface area (Å²) < 4.78 is 5.71. The van der Waals surface area contributed by atoms with Crippen LogP contribution >= 0.6 is 0 Å². The Morgan fingerprint density at radius 1 is 1.04 bits per heavy atom. The van der Waals surface area contributed by atoms with Crippen molar-refractivity contribution in [1.29, 1.82) is 0 Å². The Morgan fingerprint density at radius 2 is 1.72 bits per heavy atom. The van der Waals surface area contributed by atoms with Gasteiger partial charge in [-0.25, -0.2) is 4.79 Å². The molecule has 25 heavy (non-hydrogen) atoms. The second-order valence-corrected chi connectivity index (χ2v) is 5.64. The van der Waals surface area contributed by atoms with E-state index in [0.29, 0.717) is 13.2 Å². The van der Waals surface area contributed by atoms with E-state index >= 15 is 0 Å². The van der Waals surface area contributed by atoms with Gasteiger partial charge in [-0.2, -0.15) is 0 Å². The summed E-state index contributed by atoms with van der Waals surface area (Å²) in [7, 11) is 1.57. The van der Waals surface area contributed by atoms with Gasteiger partial charge >= 0.3 is 12.0 Å². The number of carboxylic acids is 1. The predicted molar refractivity (Wildman–Crippen MR) is 94.3 cm³/mol. The second kappa shape index (κ2) is 9.32. The van der Waals surface area contributed by atoms with E-state index in [9.17, 15) is 9.59 Å². The number of nitrogens with one attached hydrogen (secondary N) is 1. The lowest BCUT2D eigenvalue weighted by Crippen LogP contribution is -2.37. The molecule has 2 N–H and O–H groups in total. The first-order valence-corrected chi connectivity index (χ1v) is 8.01. The smallest absolute Gasteiger partial charge is 0.317 e. The molecule has 2 amide bonds. The van der Waals surface area contributed by atoms with Gasteiger partial charge in [0.25, 0.3) is 0 Å². The zero-order valence-corrected chi connectivity index (χ0v) is 14.1. The molecule has 0 saturated carbocycles. The number of benzene rings is 2. The molecule has 132 valence electrons. The number of aliphatic carboxylic acids is 1. The van der Waals surface area contributed by atoms with Crippen LogP contribution in [0.4, 0.5) is 4.79 Å². The molecule has 0 aliphatic heterocycles. The number of carbonyl (C=O) groups excluding carboxylic acids is 1. The molecule has 2 aromatic carbocycles. The van der Waals surface area contributed by atoms with Crippen LogP contribution in [0.2, 0.25) is 0 Å². The van der Waals surface area contributed by atoms with Gasteiger partial charge in [-0.05, 0) is 23.3 Å². The molecule has 0 unspecified atom stereocenters. The highest BCUT2D eigenvalue weighted by Crippen LogP contribution is 2.14. The third-order valence-electron chi connectivity index (χ3n) is 3.62. The average molecular weight is 342 g/mol. The third-order valence-corrected chi connectivity index (χ3v) is 3.62. The Kier molecular flexibility index (Phi) is 6.83. The maximum absolute atomic E-state index is 11.9. The Balaban J connectivity index is 1.76. The van der Waals surface area contributed by atoms with Crippen molar-refractivity contribution in [2.75, 3.05) is 13.6 Å². The molecule has 0 aromatic heterocycles. The van der Waals surface area contributed by atoms with Gasteiger partial charge in [-0.3, -0.25) is 4.79 Å². The van der Waals surface area contributed by atoms with E-state index in [-0.39, 0.29) is 19.0 Å². The summed E-state index contributed by atoms with van der Waals surface area (Å²) in [6, 6.07) is 17.1. The highest BCUT2D eigenvalue weighted by Gasteiger charge is 2.09. The van der Waals surface area contributed by atoms with Gasteiger partial charge in [0.15, 0.2) is 0 Å². The van der Waals surface area contributed by atoms with E-state index in [1.54, 1.807) is 7.05 Å². The summed E-state index contributed by atoms with van der Waals surface area (Å²) in [5.41, 5.74) is 2.04. The van der Waals surface area contributed by atoms with Crippen LogP contribution in [0.5, 0.6) is 5.75 Å². The molecule has 2 rings (SSSR count). The topological polar surface area (TPSA) is 78.9 Å². The van der Waals surface area contributed by atoms with E-state index in [2.05, 4.69) is 5.32 Å². The normalized spacial score (nSPS) is 10.1. The molecule has 0 saturated heterocycles. The standard InChI is InChI=1S/C19H22N2O4/c1-21(12-11-18(22)23)19(24)20-13-15-7-9-17(10-8-15)25-14-16-5-3-2-4-6-16/h2-10H,11-14H2,1H3,(H,20,24)(H,22,23). The number of carbonyl (C=O) groups is 2. The molecular formula is C19H22N2O4. The molecule has 2 aromatic rings. The quantitative estimate of drug-likeness (QED) is 0.773. The van der Waals surface area contributed by atoms with Crippen LogP contribution in [0.25, 0.3) is 0 Å². The number of rotatable bonds is 8. The van der Waals surface area contributed by atoms with Gasteiger partial charge in [-0.15, -0.1) is 0 Å². The molecule has 0 fully saturated rings. The van der Waals surface area contributed by atoms with Crippen LogP contribution in [0.1, 0.15) is 17.5 Å². The summed E-state index contributed by atoms with van der Waals surface area (Å²) in [5.74, 6) is -0.164. The summed E-state index contributed by atoms with van der Waals surface area (Å²) in [5, 5.41) is 11.4. The number of hydrogen-bond acceptors (Lipinski definition) is 3. The summed E-state index contributed by atoms with van der Waals surface area (Å²) >= 11 is 0. The van der Waals surface area contributed by atoms with Crippen LogP contribution in [-0.2, 0) is 17.9 Å². The second-order valence-electron chi connectivity index (χ2n) is 5.64. The zero-order chi connectivity index (χ0) is 18.1. The largest absolute Gasteiger partial charge is 0.489 e. The van der Waals surface area contributed by atoms with E-state index in [1.165, 1.54) is 4.90 Å². The molecule has 0 aliphatic rings. The van der Waals surface area contributed by atoms with E-state index in [4.69, 9.17) is 9.84 Å². The molecule has 0 spiro atoms. The average Bonchev–Trinajstić information content (AvgIpc) is 2.64. The first-order valence-electron chi connectivity index (χ1n) is 8.01. The minimum Gasteiger partial charge on any atom is -0.489 e. The summed E-state index contributed by atoms with van der Waals surface area (Å²) in [4.78, 5) is 23.7. The van der Waals surface area contributed by atoms with Gasteiger partial charge in [0.05, 0.1) is 6.42 Å². The van der Waals surface area contributed by atoms with Crippen LogP contribution in [0, 0.1) is 0 Å². The van der Waals surface area contributed by atoms with Crippen molar-refractivity contribution in [2.45, 2.75) is 19.6 Å². The molecule has 0 heterocycles. The van der Waals surface area contributed by atoms with Gasteiger partial charge in [-0.1, -0.05) is 42.5 Å². The Bertz CT molecular complexity index is 686. The maximum atomic E-state index is 11.9. The van der Waals surface area contributed by atoms with Crippen LogP contribution in [0.3, 0.4) is 0 Å². The number of carboxylic acid groups (broad SMARTS) is 1. The number of urea groups is 1. The molecule has 6 heteroatoms. The Morgan fingerprint density at radius 3 is 2.36 bits per heavy atom. The van der Waals surface area contributed by atoms with E-state index < -0.39 is 5.97 Å². The van der Waals surface area contributed by atoms with Crippen molar-refractivity contribution in [1.82, 2.24) is 10.2 Å². The van der Waals surface area contributed by atoms with Gasteiger partial charge in [0.1, 0.15) is 12.4 Å². The lowest BCUT2D eigenvalue weighted by atomic mass is 10.2. The van der Waals surface area contributed by atoms with Crippen LogP contribution in [-0.4, -0.2) is 35.6 Å². The lowest BCUT2D eigenvalue weighted by Gasteiger charge is -2.17. The third kappa shape index (κ3) is 6.55. The fraction of sp³-hybridized carbons (Fsp3) is 0.263. The van der Waals surface area contributed by atoms with Crippen molar-refractivity contribution in [3.63, 3.8) is 0 Å². The summed E-state index contributed by atoms with van der Waals surface area (Å²) in [6.07, 6.45) is -0.0721. The summed E-state index contributed by atoms with van der Waals surface area (Å²) in [6.45, 7) is 1.05. The minimum atomic E-state index is -0.925. The first-order chi connectivity index (χ1) is 12.0. The number of hydrogen-bond donors (Lipinski definition) is 2. The highest BCUT2D eigenvalue weighted by molar-refractivity contribution is 5.75. The molecule has 0 radical (unpaired) electrons. The molecular weight excluding hydrogens is 320 g/mol. The maximum Gasteiger partial charge on any atom is 0.317 e. The van der Waals surface area contributed by atoms with Crippen LogP contribution in [0.15, 0.2) is 54.6 Å². The van der Waals surface area contributed by atoms with E-state index in [0.717, 1.165) is 16.9 Å². The van der Waals surface area contributed by atoms with Crippen molar-refractivity contribution >= 4 is 12.0 Å². The predicted octanol–water partition coefficient (Wildman–Crippen LogP) is 2.88. The Labute approximate surface area is 147 Å². The molecule has 0 bridgehead atoms. The van der Waals surface area contributed by atoms with Crippen LogP contribution < -0.4 is 10.1 Å². The van der Waals surface area contributed by atoms with Gasteiger partial charge in [0, 0.05) is 20.1 Å². The van der Waals surface area contributed by atoms with E-state index in [1.807, 2.05) is 54.6 Å². The fourth-order valence-corrected chi connectivity index (χ4v) is 2.12. The highest BCUT2D eigenvalue weighted by atomic mass is 16.5. The van der Waals surface area contributed by atoms with Gasteiger partial charge < -0.3 is 20.1 Å². The molecule has 0 aliphatic carbocycles. The van der Waals surface area contributed by atoms with Gasteiger partial charge in [0.2, 0.25) is 0 Å². The molecule has 6 nitrogen and oxygen atoms in total. The van der Waals surface area contributed by atoms with Crippen molar-refractivity contribution in [2.24, 2.45) is 0 Å². The van der Waals surface area contributed by atoms with Crippen molar-refractivity contribution in [3.05, 3.63) is 65.7 Å². The van der Waals surface area contributed by atoms with Crippen molar-refractivity contribution < 1.29 is 19.4 Å². The zero-order valence-electron chi connectivity index (χ0n) is 14.1. The molecule has 0 atom stereocenters. The minimum absolute atomic E-state index is 0.0721. The lowest BCUT2D eigenvalue weighted by molar-refractivity contribution is -0.137. The monoisotopic (exact) mass is 342 g/mol. The first kappa shape index (κ1) is 18.3. The number of amides is 2. The Hall–Kier alpha value is -3.02. The van der Waals surface area contributed by atoms with Crippen molar-refractivity contribution in [3.8, 4) is 5.75 Å².